The summed E-state index contributed by atoms with van der Waals surface area (Å²) < 4.78 is 7.23. The molecule has 3 rings (SSSR count). The average Bonchev–Trinajstić information content (AvgIpc) is 3.16. The second-order valence-corrected chi connectivity index (χ2v) is 6.33. The normalized spacial score (nSPS) is 20.2. The molecule has 0 N–H and O–H groups in total. The van der Waals surface area contributed by atoms with Gasteiger partial charge in [0.25, 0.3) is 0 Å². The Kier molecular flexibility index (Phi) is 4.48. The van der Waals surface area contributed by atoms with Gasteiger partial charge in [0, 0.05) is 25.8 Å². The van der Waals surface area contributed by atoms with Crippen molar-refractivity contribution in [3.63, 3.8) is 0 Å². The molecule has 1 aromatic heterocycles. The summed E-state index contributed by atoms with van der Waals surface area (Å²) in [6.45, 7) is 4.62. The Labute approximate surface area is 132 Å². The second kappa shape index (κ2) is 6.53. The minimum Gasteiger partial charge on any atom is -0.497 e. The first-order chi connectivity index (χ1) is 10.7. The first kappa shape index (κ1) is 15.1. The van der Waals surface area contributed by atoms with Crippen LogP contribution in [-0.4, -0.2) is 34.9 Å². The highest BCUT2D eigenvalue weighted by atomic mass is 16.5. The van der Waals surface area contributed by atoms with Crippen molar-refractivity contribution in [1.29, 1.82) is 0 Å². The number of rotatable bonds is 5. The molecular formula is C18H25N3O. The van der Waals surface area contributed by atoms with E-state index in [1.165, 1.54) is 24.1 Å². The fraction of sp³-hybridized carbons (Fsp3) is 0.500. The third-order valence-corrected chi connectivity index (χ3v) is 4.72. The van der Waals surface area contributed by atoms with Crippen molar-refractivity contribution in [2.45, 2.75) is 25.8 Å². The molecule has 1 fully saturated rings. The van der Waals surface area contributed by atoms with Crippen LogP contribution in [0.1, 0.15) is 30.5 Å². The summed E-state index contributed by atoms with van der Waals surface area (Å²) in [6.07, 6.45) is 6.53. The highest BCUT2D eigenvalue weighted by Gasteiger charge is 2.27. The zero-order chi connectivity index (χ0) is 15.5. The lowest BCUT2D eigenvalue weighted by Crippen LogP contribution is -2.24. The van der Waals surface area contributed by atoms with Gasteiger partial charge in [0.1, 0.15) is 5.75 Å². The molecule has 1 aromatic carbocycles. The van der Waals surface area contributed by atoms with E-state index in [9.17, 15) is 0 Å². The number of aromatic nitrogens is 2. The van der Waals surface area contributed by atoms with Crippen molar-refractivity contribution >= 4 is 0 Å². The lowest BCUT2D eigenvalue weighted by atomic mass is 10.0. The Morgan fingerprint density at radius 1 is 1.41 bits per heavy atom. The van der Waals surface area contributed by atoms with Crippen LogP contribution in [0.15, 0.2) is 36.7 Å². The van der Waals surface area contributed by atoms with Gasteiger partial charge in [0.15, 0.2) is 0 Å². The summed E-state index contributed by atoms with van der Waals surface area (Å²) >= 11 is 0. The summed E-state index contributed by atoms with van der Waals surface area (Å²) in [5, 5.41) is 4.27. The molecule has 1 aliphatic heterocycles. The minimum absolute atomic E-state index is 0.439. The Morgan fingerprint density at radius 2 is 2.27 bits per heavy atom. The van der Waals surface area contributed by atoms with Crippen molar-refractivity contribution in [2.75, 3.05) is 20.2 Å². The van der Waals surface area contributed by atoms with Crippen LogP contribution in [0.2, 0.25) is 0 Å². The van der Waals surface area contributed by atoms with E-state index in [1.54, 1.807) is 7.11 Å². The number of methoxy groups -OCH3 is 1. The van der Waals surface area contributed by atoms with E-state index < -0.39 is 0 Å². The SMILES string of the molecule is COc1cccc(C(C)N2CCC(Cc3cnn(C)c3)C2)c1. The molecule has 2 unspecified atom stereocenters. The average molecular weight is 299 g/mol. The second-order valence-electron chi connectivity index (χ2n) is 6.33. The maximum atomic E-state index is 5.34. The monoisotopic (exact) mass is 299 g/mol. The molecule has 4 nitrogen and oxygen atoms in total. The molecule has 4 heteroatoms. The lowest BCUT2D eigenvalue weighted by Gasteiger charge is -2.25. The quantitative estimate of drug-likeness (QED) is 0.850. The van der Waals surface area contributed by atoms with Crippen LogP contribution in [0, 0.1) is 5.92 Å². The van der Waals surface area contributed by atoms with Crippen LogP contribution in [-0.2, 0) is 13.5 Å². The van der Waals surface area contributed by atoms with E-state index >= 15 is 0 Å². The van der Waals surface area contributed by atoms with Crippen molar-refractivity contribution < 1.29 is 4.74 Å². The fourth-order valence-corrected chi connectivity index (χ4v) is 3.40. The molecule has 0 amide bonds. The molecule has 0 aliphatic carbocycles. The maximum Gasteiger partial charge on any atom is 0.119 e. The highest BCUT2D eigenvalue weighted by molar-refractivity contribution is 5.30. The molecule has 1 saturated heterocycles. The zero-order valence-electron chi connectivity index (χ0n) is 13.7. The third kappa shape index (κ3) is 3.33. The van der Waals surface area contributed by atoms with E-state index in [2.05, 4.69) is 41.3 Å². The summed E-state index contributed by atoms with van der Waals surface area (Å²) in [7, 11) is 3.71. The van der Waals surface area contributed by atoms with Gasteiger partial charge in [-0.25, -0.2) is 0 Å². The number of likely N-dealkylation sites (tertiary alicyclic amines) is 1. The summed E-state index contributed by atoms with van der Waals surface area (Å²) in [5.41, 5.74) is 2.68. The topological polar surface area (TPSA) is 30.3 Å². The molecule has 1 aliphatic rings. The van der Waals surface area contributed by atoms with Crippen LogP contribution < -0.4 is 4.74 Å². The Bertz CT molecular complexity index is 622. The minimum atomic E-state index is 0.439. The maximum absolute atomic E-state index is 5.34. The molecule has 0 saturated carbocycles. The predicted octanol–water partition coefficient (Wildman–Crippen LogP) is 3.05. The van der Waals surface area contributed by atoms with Crippen LogP contribution >= 0.6 is 0 Å². The molecule has 0 bridgehead atoms. The van der Waals surface area contributed by atoms with Crippen LogP contribution in [0.25, 0.3) is 0 Å². The standard InChI is InChI=1S/C18H25N3O/c1-14(17-5-4-6-18(10-17)22-3)21-8-7-15(13-21)9-16-11-19-20(2)12-16/h4-6,10-12,14-15H,7-9,13H2,1-3H3. The fourth-order valence-electron chi connectivity index (χ4n) is 3.40. The van der Waals surface area contributed by atoms with E-state index in [0.717, 1.165) is 24.6 Å². The third-order valence-electron chi connectivity index (χ3n) is 4.72. The molecule has 22 heavy (non-hydrogen) atoms. The summed E-state index contributed by atoms with van der Waals surface area (Å²) in [4.78, 5) is 2.58. The van der Waals surface area contributed by atoms with Gasteiger partial charge >= 0.3 is 0 Å². The summed E-state index contributed by atoms with van der Waals surface area (Å²) in [6, 6.07) is 8.87. The zero-order valence-corrected chi connectivity index (χ0v) is 13.7. The van der Waals surface area contributed by atoms with Gasteiger partial charge in [-0.1, -0.05) is 12.1 Å². The van der Waals surface area contributed by atoms with Crippen molar-refractivity contribution in [2.24, 2.45) is 13.0 Å². The van der Waals surface area contributed by atoms with Gasteiger partial charge in [-0.05, 0) is 55.5 Å². The Hall–Kier alpha value is -1.81. The molecule has 2 heterocycles. The smallest absolute Gasteiger partial charge is 0.119 e. The number of benzene rings is 1. The van der Waals surface area contributed by atoms with Gasteiger partial charge in [-0.15, -0.1) is 0 Å². The first-order valence-electron chi connectivity index (χ1n) is 8.01. The first-order valence-corrected chi connectivity index (χ1v) is 8.01. The van der Waals surface area contributed by atoms with Gasteiger partial charge in [0.05, 0.1) is 13.3 Å². The number of nitrogens with zero attached hydrogens (tertiary/aromatic N) is 3. The van der Waals surface area contributed by atoms with Gasteiger partial charge in [-0.2, -0.15) is 5.10 Å². The van der Waals surface area contributed by atoms with Crippen LogP contribution in [0.3, 0.4) is 0 Å². The largest absolute Gasteiger partial charge is 0.497 e. The van der Waals surface area contributed by atoms with E-state index in [4.69, 9.17) is 4.74 Å². The van der Waals surface area contributed by atoms with Crippen LogP contribution in [0.5, 0.6) is 5.75 Å². The van der Waals surface area contributed by atoms with Crippen LogP contribution in [0.4, 0.5) is 0 Å². The highest BCUT2D eigenvalue weighted by Crippen LogP contribution is 2.30. The molecule has 0 radical (unpaired) electrons. The van der Waals surface area contributed by atoms with Crippen molar-refractivity contribution in [3.05, 3.63) is 47.8 Å². The van der Waals surface area contributed by atoms with E-state index in [0.29, 0.717) is 6.04 Å². The molecule has 2 aromatic rings. The Morgan fingerprint density at radius 3 is 3.00 bits per heavy atom. The predicted molar refractivity (Wildman–Crippen MR) is 88.0 cm³/mol. The molecule has 0 spiro atoms. The molecular weight excluding hydrogens is 274 g/mol. The number of hydrogen-bond donors (Lipinski definition) is 0. The van der Waals surface area contributed by atoms with Gasteiger partial charge < -0.3 is 4.74 Å². The van der Waals surface area contributed by atoms with E-state index in [-0.39, 0.29) is 0 Å². The Balaban J connectivity index is 1.61. The number of aryl methyl sites for hydroxylation is 1. The summed E-state index contributed by atoms with van der Waals surface area (Å²) in [5.74, 6) is 1.67. The van der Waals surface area contributed by atoms with E-state index in [1.807, 2.05) is 24.0 Å². The number of ether oxygens (including phenoxy) is 1. The van der Waals surface area contributed by atoms with Crippen molar-refractivity contribution in [1.82, 2.24) is 14.7 Å². The van der Waals surface area contributed by atoms with Gasteiger partial charge in [0.2, 0.25) is 0 Å². The number of hydrogen-bond acceptors (Lipinski definition) is 3. The molecule has 118 valence electrons. The van der Waals surface area contributed by atoms with Crippen molar-refractivity contribution in [3.8, 4) is 5.75 Å². The molecule has 2 atom stereocenters. The lowest BCUT2D eigenvalue weighted by molar-refractivity contribution is 0.252. The van der Waals surface area contributed by atoms with Gasteiger partial charge in [-0.3, -0.25) is 9.58 Å².